The average Bonchev–Trinajstić information content (AvgIpc) is 2.71. The number of hydrogen-bond acceptors (Lipinski definition) is 4. The topological polar surface area (TPSA) is 51.6 Å². The minimum atomic E-state index is 0. The molecule has 0 amide bonds. The minimum absolute atomic E-state index is 0. The summed E-state index contributed by atoms with van der Waals surface area (Å²) in [4.78, 5) is 16.7. The summed E-state index contributed by atoms with van der Waals surface area (Å²) in [7, 11) is 0. The van der Waals surface area contributed by atoms with E-state index in [1.807, 2.05) is 72.8 Å². The summed E-state index contributed by atoms with van der Waals surface area (Å²) < 4.78 is 0. The maximum absolute atomic E-state index is 4.19. The molecule has 0 aliphatic heterocycles. The summed E-state index contributed by atoms with van der Waals surface area (Å²) in [6, 6.07) is 23.2. The van der Waals surface area contributed by atoms with Crippen molar-refractivity contribution >= 4 is 0 Å². The number of nitrogens with zero attached hydrogens (tertiary/aromatic N) is 4. The van der Waals surface area contributed by atoms with Crippen LogP contribution in [0.25, 0.3) is 22.8 Å². The van der Waals surface area contributed by atoms with Crippen LogP contribution in [-0.2, 0) is 16.5 Å². The molecule has 0 bridgehead atoms. The van der Waals surface area contributed by atoms with Gasteiger partial charge >= 0.3 is 16.5 Å². The first-order chi connectivity index (χ1) is 11.9. The van der Waals surface area contributed by atoms with Crippen molar-refractivity contribution in [1.82, 2.24) is 19.9 Å². The van der Waals surface area contributed by atoms with Gasteiger partial charge in [0.2, 0.25) is 0 Å². The van der Waals surface area contributed by atoms with E-state index in [1.54, 1.807) is 24.8 Å². The fourth-order valence-corrected chi connectivity index (χ4v) is 2.06. The molecule has 0 atom stereocenters. The Hall–Kier alpha value is -2.62. The summed E-state index contributed by atoms with van der Waals surface area (Å²) in [5, 5.41) is 0. The molecule has 4 nitrogen and oxygen atoms in total. The number of halogens is 1. The van der Waals surface area contributed by atoms with E-state index < -0.39 is 0 Å². The van der Waals surface area contributed by atoms with Gasteiger partial charge in [0.15, 0.2) is 0 Å². The van der Waals surface area contributed by atoms with Gasteiger partial charge in [0, 0.05) is 24.8 Å². The molecule has 26 heavy (non-hydrogen) atoms. The van der Waals surface area contributed by atoms with Crippen LogP contribution in [0.15, 0.2) is 97.6 Å². The third kappa shape index (κ3) is 6.36. The van der Waals surface area contributed by atoms with Crippen LogP contribution in [0.2, 0.25) is 0 Å². The first kappa shape index (κ1) is 21.4. The first-order valence-electron chi connectivity index (χ1n) is 7.58. The van der Waals surface area contributed by atoms with Crippen LogP contribution in [0.4, 0.5) is 0 Å². The maximum Gasteiger partial charge on any atom is 2.00 e. The number of aromatic nitrogens is 4. The van der Waals surface area contributed by atoms with E-state index in [-0.39, 0.29) is 28.9 Å². The quantitative estimate of drug-likeness (QED) is 0.471. The maximum atomic E-state index is 4.19. The van der Waals surface area contributed by atoms with E-state index in [1.165, 1.54) is 0 Å². The van der Waals surface area contributed by atoms with Crippen LogP contribution in [0, 0.1) is 0 Å². The Bertz CT molecular complexity index is 698. The molecule has 0 saturated carbocycles. The van der Waals surface area contributed by atoms with E-state index in [2.05, 4.69) is 19.9 Å². The largest absolute Gasteiger partial charge is 2.00 e. The van der Waals surface area contributed by atoms with Gasteiger partial charge in [-0.15, -0.1) is 0 Å². The normalized spacial score (nSPS) is 8.92. The van der Waals surface area contributed by atoms with Crippen LogP contribution < -0.4 is 12.4 Å². The molecule has 0 fully saturated rings. The van der Waals surface area contributed by atoms with Gasteiger partial charge in [0.25, 0.3) is 0 Å². The second-order valence-corrected chi connectivity index (χ2v) is 4.86. The van der Waals surface area contributed by atoms with Gasteiger partial charge < -0.3 is 12.4 Å². The molecule has 0 unspecified atom stereocenters. The molecule has 132 valence electrons. The summed E-state index contributed by atoms with van der Waals surface area (Å²) in [5.74, 6) is 0. The smallest absolute Gasteiger partial charge is 1.00 e. The van der Waals surface area contributed by atoms with Gasteiger partial charge in [0.1, 0.15) is 0 Å². The van der Waals surface area contributed by atoms with Crippen molar-refractivity contribution in [3.63, 3.8) is 0 Å². The van der Waals surface area contributed by atoms with Crippen molar-refractivity contribution in [2.24, 2.45) is 0 Å². The van der Waals surface area contributed by atoms with Crippen molar-refractivity contribution in [2.75, 3.05) is 0 Å². The van der Waals surface area contributed by atoms with Gasteiger partial charge in [-0.3, -0.25) is 19.9 Å². The molecule has 4 aromatic heterocycles. The summed E-state index contributed by atoms with van der Waals surface area (Å²) >= 11 is 0. The Morgan fingerprint density at radius 3 is 0.769 bits per heavy atom. The molecule has 0 aliphatic rings. The van der Waals surface area contributed by atoms with Crippen molar-refractivity contribution in [1.29, 1.82) is 0 Å². The van der Waals surface area contributed by atoms with Gasteiger partial charge in [0.05, 0.1) is 22.8 Å². The zero-order valence-corrected chi connectivity index (χ0v) is 15.5. The molecule has 4 aromatic rings. The summed E-state index contributed by atoms with van der Waals surface area (Å²) in [5.41, 5.74) is 3.66. The summed E-state index contributed by atoms with van der Waals surface area (Å²) in [6.07, 6.45) is 7.07. The molecule has 0 aromatic carbocycles. The molecule has 4 rings (SSSR count). The van der Waals surface area contributed by atoms with Crippen molar-refractivity contribution < 1.29 is 28.9 Å². The van der Waals surface area contributed by atoms with Crippen LogP contribution in [0.5, 0.6) is 0 Å². The van der Waals surface area contributed by atoms with Crippen molar-refractivity contribution in [3.8, 4) is 22.8 Å². The molecular formula is C20H16ClN4Ni+. The standard InChI is InChI=1S/2C10H8N2.ClH.Ni/c2*1-3-7-11-9(5-1)10-6-2-4-8-12-10;;/h2*1-8H;1H;/q;;;+2/p-1. The van der Waals surface area contributed by atoms with Gasteiger partial charge in [-0.1, -0.05) is 24.3 Å². The van der Waals surface area contributed by atoms with Crippen LogP contribution in [0.3, 0.4) is 0 Å². The molecule has 6 heteroatoms. The Kier molecular flexibility index (Phi) is 9.77. The van der Waals surface area contributed by atoms with Gasteiger partial charge in [-0.2, -0.15) is 0 Å². The fraction of sp³-hybridized carbons (Fsp3) is 0. The Balaban J connectivity index is 0.000000241. The van der Waals surface area contributed by atoms with Crippen molar-refractivity contribution in [3.05, 3.63) is 97.6 Å². The van der Waals surface area contributed by atoms with E-state index in [9.17, 15) is 0 Å². The third-order valence-corrected chi connectivity index (χ3v) is 3.18. The fourth-order valence-electron chi connectivity index (χ4n) is 2.06. The zero-order valence-electron chi connectivity index (χ0n) is 13.7. The second kappa shape index (κ2) is 11.9. The van der Waals surface area contributed by atoms with Crippen LogP contribution >= 0.6 is 0 Å². The zero-order chi connectivity index (χ0) is 16.5. The molecule has 0 spiro atoms. The molecule has 0 radical (unpaired) electrons. The molecule has 4 heterocycles. The third-order valence-electron chi connectivity index (χ3n) is 3.18. The predicted octanol–water partition coefficient (Wildman–Crippen LogP) is 1.29. The number of rotatable bonds is 2. The number of hydrogen-bond donors (Lipinski definition) is 0. The molecule has 0 aliphatic carbocycles. The number of pyridine rings is 4. The van der Waals surface area contributed by atoms with E-state index >= 15 is 0 Å². The first-order valence-corrected chi connectivity index (χ1v) is 7.58. The van der Waals surface area contributed by atoms with E-state index in [0.717, 1.165) is 22.8 Å². The molecule has 0 N–H and O–H groups in total. The van der Waals surface area contributed by atoms with E-state index in [0.29, 0.717) is 0 Å². The average molecular weight is 407 g/mol. The van der Waals surface area contributed by atoms with Crippen LogP contribution in [0.1, 0.15) is 0 Å². The Labute approximate surface area is 169 Å². The summed E-state index contributed by atoms with van der Waals surface area (Å²) in [6.45, 7) is 0. The van der Waals surface area contributed by atoms with Crippen LogP contribution in [-0.4, -0.2) is 19.9 Å². The molecule has 0 saturated heterocycles. The van der Waals surface area contributed by atoms with Gasteiger partial charge in [-0.25, -0.2) is 0 Å². The van der Waals surface area contributed by atoms with Gasteiger partial charge in [-0.05, 0) is 48.5 Å². The monoisotopic (exact) mass is 405 g/mol. The van der Waals surface area contributed by atoms with E-state index in [4.69, 9.17) is 0 Å². The second-order valence-electron chi connectivity index (χ2n) is 4.86. The predicted molar refractivity (Wildman–Crippen MR) is 94.9 cm³/mol. The SMILES string of the molecule is [Cl-].[Ni+2].c1ccc(-c2ccccn2)nc1.c1ccc(-c2ccccn2)nc1. The minimum Gasteiger partial charge on any atom is -1.00 e. The molecular weight excluding hydrogens is 390 g/mol. The Morgan fingerprint density at radius 1 is 0.385 bits per heavy atom. The Morgan fingerprint density at radius 2 is 0.615 bits per heavy atom. The van der Waals surface area contributed by atoms with Crippen molar-refractivity contribution in [2.45, 2.75) is 0 Å².